The Morgan fingerprint density at radius 3 is 2.08 bits per heavy atom. The summed E-state index contributed by atoms with van der Waals surface area (Å²) in [5, 5.41) is 11.4. The number of amides is 1. The zero-order valence-electron chi connectivity index (χ0n) is 21.6. The van der Waals surface area contributed by atoms with Crippen LogP contribution in [0.2, 0.25) is 0 Å². The van der Waals surface area contributed by atoms with Gasteiger partial charge in [0.15, 0.2) is 0 Å². The van der Waals surface area contributed by atoms with Crippen molar-refractivity contribution >= 4 is 23.1 Å². The van der Waals surface area contributed by atoms with Gasteiger partial charge in [0.05, 0.1) is 24.8 Å². The lowest BCUT2D eigenvalue weighted by Crippen LogP contribution is -2.29. The third kappa shape index (κ3) is 5.53. The van der Waals surface area contributed by atoms with Crippen LogP contribution in [0.4, 0.5) is 5.69 Å². The molecule has 4 rings (SSSR count). The van der Waals surface area contributed by atoms with E-state index < -0.39 is 17.7 Å². The summed E-state index contributed by atoms with van der Waals surface area (Å²) in [7, 11) is 0. The maximum absolute atomic E-state index is 13.5. The van der Waals surface area contributed by atoms with Crippen LogP contribution in [-0.2, 0) is 16.0 Å². The van der Waals surface area contributed by atoms with Gasteiger partial charge in [-0.05, 0) is 54.7 Å². The van der Waals surface area contributed by atoms with Crippen molar-refractivity contribution in [2.45, 2.75) is 46.1 Å². The largest absolute Gasteiger partial charge is 0.507 e. The standard InChI is InChI=1S/C31H33NO5/c1-4-17-36-25-11-7-9-23(19-25)29(33)27-28(22-15-13-21(6-3)14-16-22)32(31(35)30(27)34)24-10-8-12-26(20-24)37-18-5-2/h7-16,19-20,28,33H,4-6,17-18H2,1-3H3/b29-27+. The summed E-state index contributed by atoms with van der Waals surface area (Å²) in [6.07, 6.45) is 2.55. The van der Waals surface area contributed by atoms with E-state index in [1.54, 1.807) is 42.5 Å². The lowest BCUT2D eigenvalue weighted by molar-refractivity contribution is -0.132. The van der Waals surface area contributed by atoms with Crippen LogP contribution in [0.1, 0.15) is 56.3 Å². The molecule has 6 nitrogen and oxygen atoms in total. The number of nitrogens with zero attached hydrogens (tertiary/aromatic N) is 1. The maximum Gasteiger partial charge on any atom is 0.300 e. The van der Waals surface area contributed by atoms with Crippen LogP contribution in [0.3, 0.4) is 0 Å². The highest BCUT2D eigenvalue weighted by atomic mass is 16.5. The summed E-state index contributed by atoms with van der Waals surface area (Å²) in [6, 6.07) is 21.1. The fraction of sp³-hybridized carbons (Fsp3) is 0.290. The Bertz CT molecular complexity index is 1290. The summed E-state index contributed by atoms with van der Waals surface area (Å²) in [4.78, 5) is 28.4. The number of hydrogen-bond donors (Lipinski definition) is 1. The normalized spacial score (nSPS) is 16.7. The Morgan fingerprint density at radius 1 is 0.838 bits per heavy atom. The molecule has 1 N–H and O–H groups in total. The van der Waals surface area contributed by atoms with Crippen LogP contribution in [0.25, 0.3) is 5.76 Å². The van der Waals surface area contributed by atoms with Crippen molar-refractivity contribution in [1.82, 2.24) is 0 Å². The highest BCUT2D eigenvalue weighted by Crippen LogP contribution is 2.43. The van der Waals surface area contributed by atoms with Crippen LogP contribution < -0.4 is 14.4 Å². The molecule has 1 aliphatic heterocycles. The second kappa shape index (κ2) is 11.8. The zero-order valence-corrected chi connectivity index (χ0v) is 21.6. The number of Topliss-reactive ketones (excluding diaryl/α,β-unsaturated/α-hetero) is 1. The monoisotopic (exact) mass is 499 g/mol. The average Bonchev–Trinajstić information content (AvgIpc) is 3.20. The van der Waals surface area contributed by atoms with Gasteiger partial charge in [-0.2, -0.15) is 0 Å². The van der Waals surface area contributed by atoms with Crippen LogP contribution in [-0.4, -0.2) is 30.0 Å². The van der Waals surface area contributed by atoms with Crippen molar-refractivity contribution in [3.8, 4) is 11.5 Å². The molecule has 1 unspecified atom stereocenters. The molecule has 3 aromatic carbocycles. The van der Waals surface area contributed by atoms with E-state index >= 15 is 0 Å². The predicted molar refractivity (Wildman–Crippen MR) is 145 cm³/mol. The molecule has 1 saturated heterocycles. The number of rotatable bonds is 10. The Kier molecular flexibility index (Phi) is 8.29. The number of ether oxygens (including phenoxy) is 2. The van der Waals surface area contributed by atoms with Crippen LogP contribution >= 0.6 is 0 Å². The Morgan fingerprint density at radius 2 is 1.46 bits per heavy atom. The molecule has 37 heavy (non-hydrogen) atoms. The Hall–Kier alpha value is -4.06. The van der Waals surface area contributed by atoms with Gasteiger partial charge in [0, 0.05) is 17.3 Å². The number of anilines is 1. The van der Waals surface area contributed by atoms with Gasteiger partial charge in [-0.15, -0.1) is 0 Å². The molecule has 0 bridgehead atoms. The molecule has 1 aliphatic rings. The molecule has 0 aliphatic carbocycles. The van der Waals surface area contributed by atoms with E-state index in [1.165, 1.54) is 4.90 Å². The van der Waals surface area contributed by atoms with Crippen LogP contribution in [0, 0.1) is 0 Å². The molecule has 1 atom stereocenters. The van der Waals surface area contributed by atoms with Gasteiger partial charge in [-0.3, -0.25) is 14.5 Å². The summed E-state index contributed by atoms with van der Waals surface area (Å²) in [6.45, 7) is 7.17. The molecule has 0 aromatic heterocycles. The van der Waals surface area contributed by atoms with Gasteiger partial charge < -0.3 is 14.6 Å². The van der Waals surface area contributed by atoms with Crippen LogP contribution in [0.15, 0.2) is 78.4 Å². The highest BCUT2D eigenvalue weighted by Gasteiger charge is 2.47. The van der Waals surface area contributed by atoms with Crippen molar-refractivity contribution in [1.29, 1.82) is 0 Å². The molecule has 192 valence electrons. The fourth-order valence-electron chi connectivity index (χ4n) is 4.40. The minimum atomic E-state index is -0.799. The molecular weight excluding hydrogens is 466 g/mol. The van der Waals surface area contributed by atoms with E-state index in [1.807, 2.05) is 44.2 Å². The minimum Gasteiger partial charge on any atom is -0.507 e. The molecule has 0 radical (unpaired) electrons. The topological polar surface area (TPSA) is 76.1 Å². The summed E-state index contributed by atoms with van der Waals surface area (Å²) < 4.78 is 11.5. The number of carbonyl (C=O) groups is 2. The molecular formula is C31H33NO5. The first-order valence-corrected chi connectivity index (χ1v) is 12.8. The molecule has 0 saturated carbocycles. The number of hydrogen-bond acceptors (Lipinski definition) is 5. The molecule has 1 amide bonds. The molecule has 1 fully saturated rings. The van der Waals surface area contributed by atoms with Crippen molar-refractivity contribution in [2.24, 2.45) is 0 Å². The van der Waals surface area contributed by atoms with Gasteiger partial charge in [0.2, 0.25) is 0 Å². The minimum absolute atomic E-state index is 0.0433. The van der Waals surface area contributed by atoms with E-state index in [2.05, 4.69) is 6.92 Å². The zero-order chi connectivity index (χ0) is 26.4. The summed E-state index contributed by atoms with van der Waals surface area (Å²) in [5.74, 6) is -0.461. The first kappa shape index (κ1) is 26.0. The summed E-state index contributed by atoms with van der Waals surface area (Å²) in [5.41, 5.74) is 2.86. The van der Waals surface area contributed by atoms with Crippen molar-refractivity contribution in [3.05, 3.63) is 95.1 Å². The maximum atomic E-state index is 13.5. The summed E-state index contributed by atoms with van der Waals surface area (Å²) >= 11 is 0. The van der Waals surface area contributed by atoms with E-state index in [4.69, 9.17) is 9.47 Å². The average molecular weight is 500 g/mol. The predicted octanol–water partition coefficient (Wildman–Crippen LogP) is 6.45. The van der Waals surface area contributed by atoms with E-state index in [9.17, 15) is 14.7 Å². The highest BCUT2D eigenvalue weighted by molar-refractivity contribution is 6.51. The smallest absolute Gasteiger partial charge is 0.300 e. The third-order valence-corrected chi connectivity index (χ3v) is 6.30. The van der Waals surface area contributed by atoms with E-state index in [0.717, 1.165) is 30.4 Å². The van der Waals surface area contributed by atoms with Crippen molar-refractivity contribution in [2.75, 3.05) is 18.1 Å². The number of benzene rings is 3. The number of aryl methyl sites for hydroxylation is 1. The van der Waals surface area contributed by atoms with Gasteiger partial charge in [0.1, 0.15) is 17.3 Å². The quantitative estimate of drug-likeness (QED) is 0.197. The number of aliphatic hydroxyl groups excluding tert-OH is 1. The van der Waals surface area contributed by atoms with Crippen molar-refractivity contribution < 1.29 is 24.2 Å². The van der Waals surface area contributed by atoms with E-state index in [0.29, 0.717) is 36.0 Å². The van der Waals surface area contributed by atoms with E-state index in [-0.39, 0.29) is 11.3 Å². The Balaban J connectivity index is 1.85. The third-order valence-electron chi connectivity index (χ3n) is 6.30. The number of carbonyl (C=O) groups excluding carboxylic acids is 2. The second-order valence-electron chi connectivity index (χ2n) is 8.99. The lowest BCUT2D eigenvalue weighted by Gasteiger charge is -2.26. The fourth-order valence-corrected chi connectivity index (χ4v) is 4.40. The number of aliphatic hydroxyl groups is 1. The lowest BCUT2D eigenvalue weighted by atomic mass is 9.94. The van der Waals surface area contributed by atoms with Gasteiger partial charge in [-0.1, -0.05) is 63.2 Å². The molecule has 3 aromatic rings. The van der Waals surface area contributed by atoms with Gasteiger partial charge >= 0.3 is 0 Å². The SMILES string of the molecule is CCCOc1cccc(/C(O)=C2\C(=O)C(=O)N(c3cccc(OCCC)c3)C2c2ccc(CC)cc2)c1. The number of ketones is 1. The first-order valence-electron chi connectivity index (χ1n) is 12.8. The molecule has 1 heterocycles. The van der Waals surface area contributed by atoms with Gasteiger partial charge in [0.25, 0.3) is 11.7 Å². The van der Waals surface area contributed by atoms with Gasteiger partial charge in [-0.25, -0.2) is 0 Å². The van der Waals surface area contributed by atoms with Crippen molar-refractivity contribution in [3.63, 3.8) is 0 Å². The van der Waals surface area contributed by atoms with Crippen LogP contribution in [0.5, 0.6) is 11.5 Å². The first-order chi connectivity index (χ1) is 18.0. The Labute approximate surface area is 218 Å². The molecule has 6 heteroatoms. The molecule has 0 spiro atoms. The second-order valence-corrected chi connectivity index (χ2v) is 8.99.